The van der Waals surface area contributed by atoms with Crippen molar-refractivity contribution in [3.8, 4) is 0 Å². The van der Waals surface area contributed by atoms with Crippen molar-refractivity contribution in [2.24, 2.45) is 23.0 Å². The Morgan fingerprint density at radius 1 is 1.23 bits per heavy atom. The fourth-order valence-corrected chi connectivity index (χ4v) is 6.18. The molecule has 1 aromatic heterocycles. The molecular weight excluding hydrogens is 512 g/mol. The van der Waals surface area contributed by atoms with Crippen LogP contribution in [0, 0.1) is 17.3 Å². The lowest BCUT2D eigenvalue weighted by Gasteiger charge is -2.36. The minimum absolute atomic E-state index is 0.0505. The monoisotopic (exact) mass is 558 g/mol. The molecule has 1 aliphatic heterocycles. The lowest BCUT2D eigenvalue weighted by Crippen LogP contribution is -2.46. The van der Waals surface area contributed by atoms with Crippen LogP contribution in [0.5, 0.6) is 0 Å². The predicted octanol–water partition coefficient (Wildman–Crippen LogP) is 6.01. The molecule has 0 unspecified atom stereocenters. The van der Waals surface area contributed by atoms with Crippen molar-refractivity contribution in [1.82, 2.24) is 4.98 Å². The Morgan fingerprint density at radius 2 is 1.97 bits per heavy atom. The highest BCUT2D eigenvalue weighted by Crippen LogP contribution is 2.36. The summed E-state index contributed by atoms with van der Waals surface area (Å²) in [5.41, 5.74) is 7.40. The zero-order chi connectivity index (χ0) is 28.7. The number of thiazole rings is 1. The average molecular weight is 559 g/mol. The molecule has 0 saturated carbocycles. The molecule has 216 valence electrons. The first-order valence-electron chi connectivity index (χ1n) is 14.3. The van der Waals surface area contributed by atoms with Crippen LogP contribution in [0.1, 0.15) is 103 Å². The van der Waals surface area contributed by atoms with E-state index >= 15 is 0 Å². The standard InChI is InChI=1S/C31H46N2O5S/c1-6-7-11-22-29(36)20(3)10-8-9-19(2)12-14-24(38-28(35)17-26(34)31(4,5)30(22)37)21-13-15-25-23(16-21)33-27(18-32)39-25/h12-13,15-16,20,22,24,26,29,34,36H,6-11,14,17-18,32H2,1-5H3/b19-12-/t20-,22+,24-,26-,29-/m0/s1. The van der Waals surface area contributed by atoms with E-state index in [2.05, 4.69) is 24.9 Å². The molecule has 0 aliphatic carbocycles. The Morgan fingerprint density at radius 3 is 2.67 bits per heavy atom. The van der Waals surface area contributed by atoms with Crippen LogP contribution >= 0.6 is 11.3 Å². The highest BCUT2D eigenvalue weighted by Gasteiger charge is 2.43. The number of esters is 1. The van der Waals surface area contributed by atoms with E-state index in [-0.39, 0.29) is 18.1 Å². The molecule has 0 amide bonds. The van der Waals surface area contributed by atoms with Gasteiger partial charge in [0.1, 0.15) is 16.9 Å². The number of cyclic esters (lactones) is 1. The van der Waals surface area contributed by atoms with E-state index < -0.39 is 35.6 Å². The molecule has 39 heavy (non-hydrogen) atoms. The van der Waals surface area contributed by atoms with Gasteiger partial charge < -0.3 is 20.7 Å². The molecule has 0 fully saturated rings. The first kappa shape index (κ1) is 31.4. The quantitative estimate of drug-likeness (QED) is 0.303. The average Bonchev–Trinajstić information content (AvgIpc) is 3.32. The van der Waals surface area contributed by atoms with Gasteiger partial charge in [0.2, 0.25) is 0 Å². The molecule has 3 rings (SSSR count). The lowest BCUT2D eigenvalue weighted by molar-refractivity contribution is -0.156. The predicted molar refractivity (Wildman–Crippen MR) is 156 cm³/mol. The summed E-state index contributed by atoms with van der Waals surface area (Å²) in [6, 6.07) is 5.87. The van der Waals surface area contributed by atoms with Crippen LogP contribution in [-0.4, -0.2) is 39.2 Å². The maximum absolute atomic E-state index is 13.7. The molecular formula is C31H46N2O5S. The first-order chi connectivity index (χ1) is 18.5. The molecule has 8 heteroatoms. The summed E-state index contributed by atoms with van der Waals surface area (Å²) >= 11 is 1.55. The number of aliphatic hydroxyl groups excluding tert-OH is 2. The number of ketones is 1. The second-order valence-electron chi connectivity index (χ2n) is 11.7. The smallest absolute Gasteiger partial charge is 0.309 e. The lowest BCUT2D eigenvalue weighted by atomic mass is 9.71. The van der Waals surface area contributed by atoms with Crippen LogP contribution in [0.2, 0.25) is 0 Å². The molecule has 7 nitrogen and oxygen atoms in total. The number of benzene rings is 1. The molecule has 0 saturated heterocycles. The van der Waals surface area contributed by atoms with E-state index in [0.29, 0.717) is 19.4 Å². The number of unbranched alkanes of at least 4 members (excludes halogenated alkanes) is 1. The Hall–Kier alpha value is -2.13. The van der Waals surface area contributed by atoms with Gasteiger partial charge in [-0.1, -0.05) is 58.3 Å². The van der Waals surface area contributed by atoms with Crippen molar-refractivity contribution in [3.05, 3.63) is 40.4 Å². The summed E-state index contributed by atoms with van der Waals surface area (Å²) in [6.07, 6.45) is 4.56. The molecule has 2 aromatic rings. The molecule has 4 N–H and O–H groups in total. The maximum Gasteiger partial charge on any atom is 0.309 e. The number of aromatic nitrogens is 1. The van der Waals surface area contributed by atoms with Gasteiger partial charge in [-0.25, -0.2) is 4.98 Å². The Labute approximate surface area is 236 Å². The van der Waals surface area contributed by atoms with Gasteiger partial charge in [0.05, 0.1) is 34.3 Å². The first-order valence-corrected chi connectivity index (χ1v) is 15.1. The van der Waals surface area contributed by atoms with Crippen LogP contribution in [-0.2, 0) is 20.9 Å². The summed E-state index contributed by atoms with van der Waals surface area (Å²) in [7, 11) is 0. The Kier molecular flexibility index (Phi) is 11.2. The van der Waals surface area contributed by atoms with E-state index in [1.54, 1.807) is 25.2 Å². The number of fused-ring (bicyclic) bond motifs is 1. The van der Waals surface area contributed by atoms with E-state index in [0.717, 1.165) is 52.9 Å². The summed E-state index contributed by atoms with van der Waals surface area (Å²) in [6.45, 7) is 9.83. The number of Topliss-reactive ketones (excluding diaryl/α,β-unsaturated/α-hetero) is 1. The SMILES string of the molecule is CCCC[C@H]1C(=O)C(C)(C)[C@@H](O)CC(=O)O[C@H](c2ccc3sc(CN)nc3c2)C/C=C(/C)CCC[C@H](C)[C@@H]1O. The van der Waals surface area contributed by atoms with Gasteiger partial charge in [0.25, 0.3) is 0 Å². The number of rotatable bonds is 5. The summed E-state index contributed by atoms with van der Waals surface area (Å²) in [5, 5.41) is 23.2. The number of ether oxygens (including phenoxy) is 1. The van der Waals surface area contributed by atoms with Gasteiger partial charge >= 0.3 is 5.97 Å². The fourth-order valence-electron chi connectivity index (χ4n) is 5.36. The zero-order valence-electron chi connectivity index (χ0n) is 24.1. The van der Waals surface area contributed by atoms with Gasteiger partial charge in [-0.05, 0) is 56.2 Å². The van der Waals surface area contributed by atoms with E-state index in [1.807, 2.05) is 25.1 Å². The number of nitrogens with zero attached hydrogens (tertiary/aromatic N) is 1. The van der Waals surface area contributed by atoms with Gasteiger partial charge in [-0.15, -0.1) is 11.3 Å². The van der Waals surface area contributed by atoms with Crippen molar-refractivity contribution in [2.75, 3.05) is 0 Å². The van der Waals surface area contributed by atoms with Gasteiger partial charge in [-0.3, -0.25) is 9.59 Å². The summed E-state index contributed by atoms with van der Waals surface area (Å²) < 4.78 is 6.97. The van der Waals surface area contributed by atoms with Crippen LogP contribution in [0.3, 0.4) is 0 Å². The maximum atomic E-state index is 13.7. The van der Waals surface area contributed by atoms with E-state index in [9.17, 15) is 19.8 Å². The molecule has 5 atom stereocenters. The second kappa shape index (κ2) is 14.0. The number of hydrogen-bond acceptors (Lipinski definition) is 8. The normalized spacial score (nSPS) is 29.1. The van der Waals surface area contributed by atoms with Gasteiger partial charge in [0, 0.05) is 18.9 Å². The molecule has 1 aliphatic rings. The number of nitrogens with two attached hydrogens (primary N) is 1. The third kappa shape index (κ3) is 7.97. The molecule has 1 aromatic carbocycles. The van der Waals surface area contributed by atoms with E-state index in [4.69, 9.17) is 10.5 Å². The molecule has 0 bridgehead atoms. The summed E-state index contributed by atoms with van der Waals surface area (Å²) in [4.78, 5) is 31.5. The largest absolute Gasteiger partial charge is 0.457 e. The second-order valence-corrected chi connectivity index (χ2v) is 12.8. The Bertz CT molecular complexity index is 1160. The van der Waals surface area contributed by atoms with Crippen molar-refractivity contribution < 1.29 is 24.5 Å². The van der Waals surface area contributed by atoms with Crippen molar-refractivity contribution in [2.45, 2.75) is 111 Å². The highest BCUT2D eigenvalue weighted by atomic mass is 32.1. The highest BCUT2D eigenvalue weighted by molar-refractivity contribution is 7.18. The van der Waals surface area contributed by atoms with Crippen LogP contribution in [0.15, 0.2) is 29.8 Å². The molecule has 0 radical (unpaired) electrons. The fraction of sp³-hybridized carbons (Fsp3) is 0.645. The third-order valence-corrected chi connectivity index (χ3v) is 9.27. The van der Waals surface area contributed by atoms with Gasteiger partial charge in [-0.2, -0.15) is 0 Å². The van der Waals surface area contributed by atoms with Crippen LogP contribution < -0.4 is 5.73 Å². The number of allylic oxidation sites excluding steroid dienone is 1. The van der Waals surface area contributed by atoms with Crippen molar-refractivity contribution in [3.63, 3.8) is 0 Å². The van der Waals surface area contributed by atoms with Crippen molar-refractivity contribution in [1.29, 1.82) is 0 Å². The topological polar surface area (TPSA) is 123 Å². The van der Waals surface area contributed by atoms with Crippen molar-refractivity contribution >= 4 is 33.3 Å². The molecule has 2 heterocycles. The van der Waals surface area contributed by atoms with Gasteiger partial charge in [0.15, 0.2) is 0 Å². The number of carbonyl (C=O) groups excluding carboxylic acids is 2. The third-order valence-electron chi connectivity index (χ3n) is 8.22. The van der Waals surface area contributed by atoms with E-state index in [1.165, 1.54) is 5.57 Å². The minimum atomic E-state index is -1.23. The summed E-state index contributed by atoms with van der Waals surface area (Å²) in [5.74, 6) is -1.39. The number of hydrogen-bond donors (Lipinski definition) is 3. The number of aliphatic hydroxyl groups is 2. The van der Waals surface area contributed by atoms with Crippen LogP contribution in [0.4, 0.5) is 0 Å². The van der Waals surface area contributed by atoms with Crippen LogP contribution in [0.25, 0.3) is 10.2 Å². The molecule has 0 spiro atoms. The number of carbonyl (C=O) groups is 2. The minimum Gasteiger partial charge on any atom is -0.457 e. The Balaban J connectivity index is 1.92. The zero-order valence-corrected chi connectivity index (χ0v) is 24.9.